The lowest BCUT2D eigenvalue weighted by Crippen LogP contribution is -2.45. The maximum atomic E-state index is 12.7. The molecule has 0 aromatic heterocycles. The summed E-state index contributed by atoms with van der Waals surface area (Å²) in [7, 11) is -3.55. The van der Waals surface area contributed by atoms with Gasteiger partial charge in [0.1, 0.15) is 4.90 Å². The highest BCUT2D eigenvalue weighted by atomic mass is 79.9. The molecule has 1 aliphatic rings. The van der Waals surface area contributed by atoms with Gasteiger partial charge in [0.15, 0.2) is 0 Å². The van der Waals surface area contributed by atoms with Crippen molar-refractivity contribution in [2.45, 2.75) is 30.7 Å². The standard InChI is InChI=1S/C13H18BrClN2O2S/c1-9(16)10-3-2-6-17(8-10)20(18,19)13-5-4-11(14)7-12(13)15/h4-5,7,9-10H,2-3,6,8,16H2,1H3/t9-,10+/m0/s1. The molecule has 0 spiro atoms. The molecule has 0 saturated carbocycles. The van der Waals surface area contributed by atoms with Crippen LogP contribution in [0.3, 0.4) is 0 Å². The van der Waals surface area contributed by atoms with Crippen molar-refractivity contribution in [2.75, 3.05) is 13.1 Å². The highest BCUT2D eigenvalue weighted by Gasteiger charge is 2.32. The van der Waals surface area contributed by atoms with Gasteiger partial charge in [0.05, 0.1) is 5.02 Å². The number of benzene rings is 1. The van der Waals surface area contributed by atoms with Crippen LogP contribution >= 0.6 is 27.5 Å². The Morgan fingerprint density at radius 1 is 1.50 bits per heavy atom. The molecular formula is C13H18BrClN2O2S. The van der Waals surface area contributed by atoms with E-state index in [1.807, 2.05) is 6.92 Å². The Morgan fingerprint density at radius 2 is 2.20 bits per heavy atom. The molecule has 1 fully saturated rings. The van der Waals surface area contributed by atoms with Gasteiger partial charge in [0.25, 0.3) is 0 Å². The summed E-state index contributed by atoms with van der Waals surface area (Å²) in [6.45, 7) is 2.91. The van der Waals surface area contributed by atoms with E-state index in [4.69, 9.17) is 17.3 Å². The van der Waals surface area contributed by atoms with Gasteiger partial charge < -0.3 is 5.73 Å². The van der Waals surface area contributed by atoms with Crippen LogP contribution < -0.4 is 5.73 Å². The molecule has 20 heavy (non-hydrogen) atoms. The van der Waals surface area contributed by atoms with Gasteiger partial charge in [-0.2, -0.15) is 4.31 Å². The van der Waals surface area contributed by atoms with Crippen LogP contribution in [-0.4, -0.2) is 31.9 Å². The van der Waals surface area contributed by atoms with Gasteiger partial charge in [0, 0.05) is 23.6 Å². The Labute approximate surface area is 133 Å². The molecule has 0 unspecified atom stereocenters. The average molecular weight is 382 g/mol. The summed E-state index contributed by atoms with van der Waals surface area (Å²) in [5.41, 5.74) is 5.91. The lowest BCUT2D eigenvalue weighted by atomic mass is 9.93. The maximum absolute atomic E-state index is 12.7. The molecule has 4 nitrogen and oxygen atoms in total. The van der Waals surface area contributed by atoms with Crippen molar-refractivity contribution >= 4 is 37.6 Å². The van der Waals surface area contributed by atoms with Crippen LogP contribution in [0.2, 0.25) is 5.02 Å². The number of hydrogen-bond acceptors (Lipinski definition) is 3. The number of sulfonamides is 1. The second-order valence-corrected chi connectivity index (χ2v) is 8.43. The number of nitrogens with two attached hydrogens (primary N) is 1. The maximum Gasteiger partial charge on any atom is 0.244 e. The minimum Gasteiger partial charge on any atom is -0.328 e. The number of piperidine rings is 1. The molecule has 0 aliphatic carbocycles. The summed E-state index contributed by atoms with van der Waals surface area (Å²) in [5.74, 6) is 0.202. The third-order valence-corrected chi connectivity index (χ3v) is 6.52. The van der Waals surface area contributed by atoms with E-state index in [1.165, 1.54) is 10.4 Å². The van der Waals surface area contributed by atoms with Crippen molar-refractivity contribution in [3.63, 3.8) is 0 Å². The molecule has 2 N–H and O–H groups in total. The van der Waals surface area contributed by atoms with Gasteiger partial charge in [-0.05, 0) is 43.9 Å². The fourth-order valence-electron chi connectivity index (χ4n) is 2.44. The second-order valence-electron chi connectivity index (χ2n) is 5.20. The van der Waals surface area contributed by atoms with E-state index in [0.29, 0.717) is 13.1 Å². The summed E-state index contributed by atoms with van der Waals surface area (Å²) >= 11 is 9.35. The Balaban J connectivity index is 2.30. The van der Waals surface area contributed by atoms with Crippen LogP contribution in [0.5, 0.6) is 0 Å². The van der Waals surface area contributed by atoms with Crippen molar-refractivity contribution < 1.29 is 8.42 Å². The molecule has 1 saturated heterocycles. The molecule has 7 heteroatoms. The van der Waals surface area contributed by atoms with E-state index in [9.17, 15) is 8.42 Å². The van der Waals surface area contributed by atoms with E-state index in [-0.39, 0.29) is 21.9 Å². The van der Waals surface area contributed by atoms with Crippen molar-refractivity contribution in [3.05, 3.63) is 27.7 Å². The summed E-state index contributed by atoms with van der Waals surface area (Å²) in [6, 6.07) is 4.82. The van der Waals surface area contributed by atoms with Crippen molar-refractivity contribution in [2.24, 2.45) is 11.7 Å². The van der Waals surface area contributed by atoms with Gasteiger partial charge >= 0.3 is 0 Å². The molecule has 1 aromatic rings. The molecule has 1 heterocycles. The molecular weight excluding hydrogens is 364 g/mol. The third-order valence-electron chi connectivity index (χ3n) is 3.68. The first-order valence-corrected chi connectivity index (χ1v) is 9.14. The molecule has 2 atom stereocenters. The number of hydrogen-bond donors (Lipinski definition) is 1. The molecule has 0 radical (unpaired) electrons. The summed E-state index contributed by atoms with van der Waals surface area (Å²) in [5, 5.41) is 0.238. The van der Waals surface area contributed by atoms with Gasteiger partial charge in [-0.15, -0.1) is 0 Å². The van der Waals surface area contributed by atoms with Crippen LogP contribution in [0.4, 0.5) is 0 Å². The first-order valence-electron chi connectivity index (χ1n) is 6.53. The topological polar surface area (TPSA) is 63.4 Å². The van der Waals surface area contributed by atoms with Crippen molar-refractivity contribution in [3.8, 4) is 0 Å². The van der Waals surface area contributed by atoms with Crippen molar-refractivity contribution in [1.82, 2.24) is 4.31 Å². The van der Waals surface area contributed by atoms with Crippen LogP contribution in [0.15, 0.2) is 27.6 Å². The Bertz CT molecular complexity index is 592. The summed E-state index contributed by atoms with van der Waals surface area (Å²) in [4.78, 5) is 0.160. The van der Waals surface area contributed by atoms with Crippen LogP contribution in [-0.2, 0) is 10.0 Å². The van der Waals surface area contributed by atoms with Crippen molar-refractivity contribution in [1.29, 1.82) is 0 Å². The predicted molar refractivity (Wildman–Crippen MR) is 84.3 cm³/mol. The monoisotopic (exact) mass is 380 g/mol. The second kappa shape index (κ2) is 6.32. The SMILES string of the molecule is C[C@H](N)[C@@H]1CCCN(S(=O)(=O)c2ccc(Br)cc2Cl)C1. The average Bonchev–Trinajstić information content (AvgIpc) is 2.38. The lowest BCUT2D eigenvalue weighted by Gasteiger charge is -2.33. The number of halogens is 2. The molecule has 0 amide bonds. The summed E-state index contributed by atoms with van der Waals surface area (Å²) < 4.78 is 27.6. The summed E-state index contributed by atoms with van der Waals surface area (Å²) in [6.07, 6.45) is 1.80. The first-order chi connectivity index (χ1) is 9.32. The predicted octanol–water partition coefficient (Wildman–Crippen LogP) is 2.85. The first kappa shape index (κ1) is 16.2. The van der Waals surface area contributed by atoms with E-state index in [1.54, 1.807) is 12.1 Å². The zero-order valence-electron chi connectivity index (χ0n) is 11.2. The zero-order valence-corrected chi connectivity index (χ0v) is 14.4. The van der Waals surface area contributed by atoms with E-state index in [0.717, 1.165) is 17.3 Å². The molecule has 1 aromatic carbocycles. The number of nitrogens with zero attached hydrogens (tertiary/aromatic N) is 1. The molecule has 112 valence electrons. The number of rotatable bonds is 3. The smallest absolute Gasteiger partial charge is 0.244 e. The zero-order chi connectivity index (χ0) is 14.9. The van der Waals surface area contributed by atoms with Crippen LogP contribution in [0.25, 0.3) is 0 Å². The Morgan fingerprint density at radius 3 is 2.80 bits per heavy atom. The van der Waals surface area contributed by atoms with E-state index >= 15 is 0 Å². The normalized spacial score (nSPS) is 22.7. The minimum atomic E-state index is -3.55. The third kappa shape index (κ3) is 3.36. The highest BCUT2D eigenvalue weighted by molar-refractivity contribution is 9.10. The molecule has 0 bridgehead atoms. The molecule has 1 aliphatic heterocycles. The van der Waals surface area contributed by atoms with E-state index in [2.05, 4.69) is 15.9 Å². The Kier molecular flexibility index (Phi) is 5.13. The molecule has 2 rings (SSSR count). The lowest BCUT2D eigenvalue weighted by molar-refractivity contribution is 0.243. The van der Waals surface area contributed by atoms with E-state index < -0.39 is 10.0 Å². The fraction of sp³-hybridized carbons (Fsp3) is 0.538. The Hall–Kier alpha value is -0.140. The fourth-order valence-corrected chi connectivity index (χ4v) is 4.99. The van der Waals surface area contributed by atoms with Crippen LogP contribution in [0.1, 0.15) is 19.8 Å². The minimum absolute atomic E-state index is 0.00612. The highest BCUT2D eigenvalue weighted by Crippen LogP contribution is 2.30. The van der Waals surface area contributed by atoms with Gasteiger partial charge in [0.2, 0.25) is 10.0 Å². The van der Waals surface area contributed by atoms with Gasteiger partial charge in [-0.1, -0.05) is 27.5 Å². The van der Waals surface area contributed by atoms with Crippen LogP contribution in [0, 0.1) is 5.92 Å². The quantitative estimate of drug-likeness (QED) is 0.875. The largest absolute Gasteiger partial charge is 0.328 e. The van der Waals surface area contributed by atoms with Gasteiger partial charge in [-0.25, -0.2) is 8.42 Å². The van der Waals surface area contributed by atoms with Gasteiger partial charge in [-0.3, -0.25) is 0 Å².